The van der Waals surface area contributed by atoms with Gasteiger partial charge in [0.1, 0.15) is 0 Å². The third-order valence-corrected chi connectivity index (χ3v) is 2.79. The zero-order chi connectivity index (χ0) is 9.35. The quantitative estimate of drug-likeness (QED) is 0.615. The minimum absolute atomic E-state index is 0.127. The van der Waals surface area contributed by atoms with E-state index >= 15 is 0 Å². The Labute approximate surface area is 75.1 Å². The lowest BCUT2D eigenvalue weighted by molar-refractivity contribution is 0.293. The lowest BCUT2D eigenvalue weighted by Crippen LogP contribution is -2.54. The van der Waals surface area contributed by atoms with Crippen molar-refractivity contribution in [3.8, 4) is 0 Å². The van der Waals surface area contributed by atoms with Crippen LogP contribution in [0.25, 0.3) is 0 Å². The lowest BCUT2D eigenvalue weighted by atomic mass is 9.85. The van der Waals surface area contributed by atoms with E-state index in [1.807, 2.05) is 13.8 Å². The van der Waals surface area contributed by atoms with E-state index in [4.69, 9.17) is 11.5 Å². The summed E-state index contributed by atoms with van der Waals surface area (Å²) in [7, 11) is 2.14. The van der Waals surface area contributed by atoms with E-state index in [-0.39, 0.29) is 11.6 Å². The fraction of sp³-hybridized carbons (Fsp3) is 1.00. The first-order valence-corrected chi connectivity index (χ1v) is 4.64. The molecule has 0 saturated carbocycles. The highest BCUT2D eigenvalue weighted by molar-refractivity contribution is 4.93. The van der Waals surface area contributed by atoms with Crippen molar-refractivity contribution in [1.82, 2.24) is 4.90 Å². The van der Waals surface area contributed by atoms with E-state index in [0.29, 0.717) is 5.92 Å². The van der Waals surface area contributed by atoms with Gasteiger partial charge in [-0.25, -0.2) is 0 Å². The van der Waals surface area contributed by atoms with Gasteiger partial charge in [-0.2, -0.15) is 0 Å². The summed E-state index contributed by atoms with van der Waals surface area (Å²) in [5, 5.41) is 0. The number of hydrogen-bond donors (Lipinski definition) is 2. The van der Waals surface area contributed by atoms with Crippen molar-refractivity contribution in [3.63, 3.8) is 0 Å². The molecule has 0 aromatic heterocycles. The van der Waals surface area contributed by atoms with Crippen molar-refractivity contribution in [2.45, 2.75) is 31.8 Å². The summed E-state index contributed by atoms with van der Waals surface area (Å²) in [6.45, 7) is 6.28. The Balaban J connectivity index is 2.48. The van der Waals surface area contributed by atoms with Crippen LogP contribution in [0.3, 0.4) is 0 Å². The maximum absolute atomic E-state index is 6.07. The Morgan fingerprint density at radius 2 is 2.08 bits per heavy atom. The summed E-state index contributed by atoms with van der Waals surface area (Å²) in [6.07, 6.45) is 1.19. The summed E-state index contributed by atoms with van der Waals surface area (Å²) >= 11 is 0. The molecule has 0 aromatic rings. The number of nitrogens with two attached hydrogens (primary N) is 2. The van der Waals surface area contributed by atoms with Crippen molar-refractivity contribution in [3.05, 3.63) is 0 Å². The van der Waals surface area contributed by atoms with Crippen LogP contribution in [0.5, 0.6) is 0 Å². The molecular weight excluding hydrogens is 150 g/mol. The van der Waals surface area contributed by atoms with E-state index in [1.165, 1.54) is 6.42 Å². The molecule has 1 saturated heterocycles. The summed E-state index contributed by atoms with van der Waals surface area (Å²) in [5.74, 6) is 0.579. The predicted octanol–water partition coefficient (Wildman–Crippen LogP) is 0.00270. The average Bonchev–Trinajstić information content (AvgIpc) is 2.32. The lowest BCUT2D eigenvalue weighted by Gasteiger charge is -2.31. The zero-order valence-electron chi connectivity index (χ0n) is 8.38. The topological polar surface area (TPSA) is 55.3 Å². The van der Waals surface area contributed by atoms with E-state index < -0.39 is 0 Å². The maximum Gasteiger partial charge on any atom is 0.0257 e. The van der Waals surface area contributed by atoms with Crippen LogP contribution in [0.15, 0.2) is 0 Å². The molecule has 0 amide bonds. The van der Waals surface area contributed by atoms with Crippen LogP contribution in [0.1, 0.15) is 20.3 Å². The van der Waals surface area contributed by atoms with Gasteiger partial charge in [-0.3, -0.25) is 0 Å². The smallest absolute Gasteiger partial charge is 0.0257 e. The van der Waals surface area contributed by atoms with Gasteiger partial charge in [0, 0.05) is 18.1 Å². The summed E-state index contributed by atoms with van der Waals surface area (Å²) < 4.78 is 0. The van der Waals surface area contributed by atoms with E-state index in [0.717, 1.165) is 13.1 Å². The molecule has 1 aliphatic rings. The third kappa shape index (κ3) is 2.19. The minimum Gasteiger partial charge on any atom is -0.326 e. The van der Waals surface area contributed by atoms with Crippen LogP contribution in [0.4, 0.5) is 0 Å². The SMILES string of the molecule is CN1CCC(C(N)C(C)(C)N)C1. The molecule has 1 aliphatic heterocycles. The van der Waals surface area contributed by atoms with Gasteiger partial charge in [0.15, 0.2) is 0 Å². The molecule has 2 atom stereocenters. The van der Waals surface area contributed by atoms with Crippen molar-refractivity contribution in [2.24, 2.45) is 17.4 Å². The van der Waals surface area contributed by atoms with E-state index in [9.17, 15) is 0 Å². The molecule has 72 valence electrons. The molecular formula is C9H21N3. The van der Waals surface area contributed by atoms with E-state index in [2.05, 4.69) is 11.9 Å². The summed E-state index contributed by atoms with van der Waals surface area (Å²) in [5.41, 5.74) is 11.8. The Morgan fingerprint density at radius 1 is 1.50 bits per heavy atom. The van der Waals surface area contributed by atoms with Crippen LogP contribution < -0.4 is 11.5 Å². The number of rotatable bonds is 2. The van der Waals surface area contributed by atoms with Crippen molar-refractivity contribution in [1.29, 1.82) is 0 Å². The molecule has 0 aliphatic carbocycles. The molecule has 0 bridgehead atoms. The molecule has 4 N–H and O–H groups in total. The van der Waals surface area contributed by atoms with Crippen LogP contribution in [0.2, 0.25) is 0 Å². The Bertz CT molecular complexity index is 150. The largest absolute Gasteiger partial charge is 0.326 e. The Kier molecular flexibility index (Phi) is 2.76. The van der Waals surface area contributed by atoms with Gasteiger partial charge < -0.3 is 16.4 Å². The number of nitrogens with zero attached hydrogens (tertiary/aromatic N) is 1. The average molecular weight is 171 g/mol. The first kappa shape index (κ1) is 9.96. The van der Waals surface area contributed by atoms with Gasteiger partial charge in [0.2, 0.25) is 0 Å². The number of likely N-dealkylation sites (tertiary alicyclic amines) is 1. The highest BCUT2D eigenvalue weighted by atomic mass is 15.1. The Morgan fingerprint density at radius 3 is 2.42 bits per heavy atom. The van der Waals surface area contributed by atoms with Crippen molar-refractivity contribution in [2.75, 3.05) is 20.1 Å². The molecule has 0 radical (unpaired) electrons. The minimum atomic E-state index is -0.240. The van der Waals surface area contributed by atoms with E-state index in [1.54, 1.807) is 0 Å². The fourth-order valence-electron chi connectivity index (χ4n) is 1.87. The standard InChI is InChI=1S/C9H21N3/c1-9(2,11)8(10)7-4-5-12(3)6-7/h7-8H,4-6,10-11H2,1-3H3. The second-order valence-corrected chi connectivity index (χ2v) is 4.66. The Hall–Kier alpha value is -0.120. The third-order valence-electron chi connectivity index (χ3n) is 2.79. The highest BCUT2D eigenvalue weighted by Crippen LogP contribution is 2.22. The molecule has 1 heterocycles. The molecule has 0 aromatic carbocycles. The van der Waals surface area contributed by atoms with Gasteiger partial charge in [-0.15, -0.1) is 0 Å². The first-order chi connectivity index (χ1) is 5.41. The first-order valence-electron chi connectivity index (χ1n) is 4.64. The molecule has 1 fully saturated rings. The zero-order valence-corrected chi connectivity index (χ0v) is 8.38. The predicted molar refractivity (Wildman–Crippen MR) is 51.8 cm³/mol. The summed E-state index contributed by atoms with van der Waals surface area (Å²) in [6, 6.07) is 0.127. The molecule has 12 heavy (non-hydrogen) atoms. The van der Waals surface area contributed by atoms with Crippen LogP contribution >= 0.6 is 0 Å². The monoisotopic (exact) mass is 171 g/mol. The van der Waals surface area contributed by atoms with Crippen molar-refractivity contribution < 1.29 is 0 Å². The molecule has 3 heteroatoms. The van der Waals surface area contributed by atoms with Gasteiger partial charge >= 0.3 is 0 Å². The second-order valence-electron chi connectivity index (χ2n) is 4.66. The van der Waals surface area contributed by atoms with Gasteiger partial charge in [0.05, 0.1) is 0 Å². The molecule has 3 nitrogen and oxygen atoms in total. The molecule has 2 unspecified atom stereocenters. The van der Waals surface area contributed by atoms with Crippen LogP contribution in [0, 0.1) is 5.92 Å². The number of hydrogen-bond acceptors (Lipinski definition) is 3. The maximum atomic E-state index is 6.07. The molecule has 1 rings (SSSR count). The normalized spacial score (nSPS) is 29.2. The molecule has 0 spiro atoms. The fourth-order valence-corrected chi connectivity index (χ4v) is 1.87. The van der Waals surface area contributed by atoms with Gasteiger partial charge in [-0.1, -0.05) is 0 Å². The van der Waals surface area contributed by atoms with Crippen LogP contribution in [-0.2, 0) is 0 Å². The summed E-state index contributed by atoms with van der Waals surface area (Å²) in [4.78, 5) is 2.32. The van der Waals surface area contributed by atoms with Gasteiger partial charge in [-0.05, 0) is 39.8 Å². The van der Waals surface area contributed by atoms with Crippen LogP contribution in [-0.4, -0.2) is 36.6 Å². The van der Waals surface area contributed by atoms with Gasteiger partial charge in [0.25, 0.3) is 0 Å². The second kappa shape index (κ2) is 3.32. The highest BCUT2D eigenvalue weighted by Gasteiger charge is 2.32. The van der Waals surface area contributed by atoms with Crippen molar-refractivity contribution >= 4 is 0 Å².